The Kier molecular flexibility index (Phi) is 15.3. The third-order valence-corrected chi connectivity index (χ3v) is 11.3. The molecule has 2 aromatic heterocycles. The zero-order chi connectivity index (χ0) is 47.4. The van der Waals surface area contributed by atoms with Crippen LogP contribution in [0, 0.1) is 0 Å². The van der Waals surface area contributed by atoms with Crippen LogP contribution in [0.4, 0.5) is 46.3 Å². The van der Waals surface area contributed by atoms with E-state index in [2.05, 4.69) is 41.2 Å². The summed E-state index contributed by atoms with van der Waals surface area (Å²) in [6, 6.07) is 10.5. The Bertz CT molecular complexity index is 2490. The number of H-pyrrole nitrogens is 2. The van der Waals surface area contributed by atoms with E-state index in [1.807, 2.05) is 19.6 Å². The Morgan fingerprint density at radius 3 is 1.34 bits per heavy atom. The molecule has 4 aliphatic rings. The fourth-order valence-corrected chi connectivity index (χ4v) is 8.00. The van der Waals surface area contributed by atoms with Crippen molar-refractivity contribution in [2.24, 2.45) is 0 Å². The van der Waals surface area contributed by atoms with Crippen LogP contribution in [-0.2, 0) is 19.2 Å². The second-order valence-electron chi connectivity index (χ2n) is 15.7. The van der Waals surface area contributed by atoms with E-state index < -0.39 is 60.6 Å². The molecule has 0 radical (unpaired) electrons. The fraction of sp³-hybridized carbons (Fsp3) is 0.350. The van der Waals surface area contributed by atoms with Crippen LogP contribution < -0.4 is 73.7 Å². The van der Waals surface area contributed by atoms with Crippen LogP contribution >= 0.6 is 0 Å². The number of hydrogen-bond donors (Lipinski definition) is 10. The van der Waals surface area contributed by atoms with E-state index in [9.17, 15) is 58.8 Å². The molecule has 0 aliphatic carbocycles. The molecule has 348 valence electrons. The van der Waals surface area contributed by atoms with E-state index in [4.69, 9.17) is 11.5 Å². The number of rotatable bonds is 14. The first-order valence-corrected chi connectivity index (χ1v) is 20.4. The number of benzene rings is 2. The number of aliphatic carboxylic acids is 4. The molecule has 27 heteroatoms. The second kappa shape index (κ2) is 20.9. The third kappa shape index (κ3) is 11.4. The van der Waals surface area contributed by atoms with E-state index in [1.54, 1.807) is 48.5 Å². The summed E-state index contributed by atoms with van der Waals surface area (Å²) in [6.45, 7) is 3.30. The number of amides is 2. The molecule has 0 spiro atoms. The number of nitrogens with one attached hydrogen (secondary N) is 6. The average molecular weight is 953 g/mol. The van der Waals surface area contributed by atoms with Gasteiger partial charge in [-0.05, 0) is 74.2 Å². The largest absolute Gasteiger partial charge is 2.00 e. The zero-order valence-corrected chi connectivity index (χ0v) is 37.7. The van der Waals surface area contributed by atoms with Crippen LogP contribution in [0.5, 0.6) is 0 Å². The van der Waals surface area contributed by atoms with Gasteiger partial charge in [-0.1, -0.05) is 0 Å². The maximum atomic E-state index is 12.4. The molecule has 0 bridgehead atoms. The summed E-state index contributed by atoms with van der Waals surface area (Å²) in [5.41, 5.74) is 13.5. The van der Waals surface area contributed by atoms with Crippen LogP contribution in [0.3, 0.4) is 0 Å². The van der Waals surface area contributed by atoms with Crippen molar-refractivity contribution in [2.75, 3.05) is 81.2 Å². The Morgan fingerprint density at radius 1 is 0.657 bits per heavy atom. The number of fused-ring (bicyclic) bond motifs is 6. The van der Waals surface area contributed by atoms with Crippen LogP contribution in [0.2, 0.25) is 0 Å². The van der Waals surface area contributed by atoms with Crippen molar-refractivity contribution in [3.05, 3.63) is 80.4 Å². The Labute approximate surface area is 408 Å². The molecule has 2 aromatic carbocycles. The molecule has 6 heterocycles. The minimum Gasteiger partial charge on any atom is -0.550 e. The number of anilines is 8. The molecule has 2 saturated heterocycles. The summed E-state index contributed by atoms with van der Waals surface area (Å²) in [5.74, 6) is -5.72. The first-order valence-electron chi connectivity index (χ1n) is 20.4. The van der Waals surface area contributed by atoms with Crippen molar-refractivity contribution in [1.29, 1.82) is 0 Å². The van der Waals surface area contributed by atoms with Crippen LogP contribution in [0.25, 0.3) is 0 Å². The molecular weight excluding hydrogens is 909 g/mol. The van der Waals surface area contributed by atoms with Gasteiger partial charge in [0.05, 0.1) is 25.4 Å². The van der Waals surface area contributed by atoms with Crippen molar-refractivity contribution in [1.82, 2.24) is 30.6 Å². The predicted octanol–water partition coefficient (Wildman–Crippen LogP) is -4.09. The van der Waals surface area contributed by atoms with Crippen molar-refractivity contribution in [2.45, 2.75) is 49.9 Å². The van der Waals surface area contributed by atoms with Crippen LogP contribution in [-0.4, -0.2) is 167 Å². The number of nitrogen functional groups attached to an aromatic ring is 2. The van der Waals surface area contributed by atoms with Gasteiger partial charge in [-0.15, -0.1) is 0 Å². The first kappa shape index (κ1) is 49.1. The topological polar surface area (TPSA) is 394 Å². The van der Waals surface area contributed by atoms with Crippen molar-refractivity contribution >= 4 is 120 Å². The fourth-order valence-electron chi connectivity index (χ4n) is 8.00. The van der Waals surface area contributed by atoms with Gasteiger partial charge in [-0.3, -0.25) is 29.1 Å². The van der Waals surface area contributed by atoms with Crippen molar-refractivity contribution < 1.29 is 49.2 Å². The summed E-state index contributed by atoms with van der Waals surface area (Å²) < 4.78 is 0. The number of aromatic amines is 2. The van der Waals surface area contributed by atoms with Gasteiger partial charge in [0.2, 0.25) is 11.9 Å². The zero-order valence-electron chi connectivity index (χ0n) is 35.5. The quantitative estimate of drug-likeness (QED) is 0.0537. The van der Waals surface area contributed by atoms with Crippen LogP contribution in [0.15, 0.2) is 58.1 Å². The van der Waals surface area contributed by atoms with Gasteiger partial charge in [-0.25, -0.2) is 9.59 Å². The van der Waals surface area contributed by atoms with Gasteiger partial charge in [0.15, 0.2) is 11.6 Å². The molecule has 67 heavy (non-hydrogen) atoms. The van der Waals surface area contributed by atoms with E-state index in [0.29, 0.717) is 62.5 Å². The summed E-state index contributed by atoms with van der Waals surface area (Å²) in [5, 5.41) is 50.5. The summed E-state index contributed by atoms with van der Waals surface area (Å²) in [6.07, 6.45) is -1.51. The number of carbonyl (C=O) groups excluding carboxylic acids is 4. The minimum absolute atomic E-state index is 0. The van der Waals surface area contributed by atoms with Gasteiger partial charge >= 0.3 is 49.7 Å². The van der Waals surface area contributed by atoms with Gasteiger partial charge in [0.25, 0.3) is 22.9 Å². The predicted molar refractivity (Wildman–Crippen MR) is 237 cm³/mol. The minimum atomic E-state index is -1.39. The van der Waals surface area contributed by atoms with E-state index in [0.717, 1.165) is 11.4 Å². The Balaban J connectivity index is 0.000000218. The first-order chi connectivity index (χ1) is 31.4. The molecule has 12 N–H and O–H groups in total. The molecular formula is C40H44CaN14O12. The number of hydrogen-bond acceptors (Lipinski definition) is 20. The Morgan fingerprint density at radius 2 is 1.01 bits per heavy atom. The van der Waals surface area contributed by atoms with Crippen molar-refractivity contribution in [3.63, 3.8) is 0 Å². The standard InChI is InChI=1S/2C20H23N7O6.Ca/c2*21-20-24-16-15(18(31)25-20)27-9-26(8-12(27)7-22-16)11-3-1-10(2-4-11)17(30)23-13(19(32)33)5-6-14(28)29;/h2*1-4,12-13H,5-9H2,(H,23,30)(H,28,29)(H,32,33)(H4,21,22,24,25,31);/q;;+2/p-2/t2*12?,13-;/m00./s1. The normalized spacial score (nSPS) is 17.3. The van der Waals surface area contributed by atoms with Crippen LogP contribution in [0.1, 0.15) is 46.4 Å². The van der Waals surface area contributed by atoms with Gasteiger partial charge < -0.3 is 82.3 Å². The number of aromatic nitrogens is 4. The molecule has 4 aliphatic heterocycles. The van der Waals surface area contributed by atoms with Gasteiger partial charge in [0, 0.05) is 60.6 Å². The smallest absolute Gasteiger partial charge is 0.550 e. The van der Waals surface area contributed by atoms with Gasteiger partial charge in [0.1, 0.15) is 23.5 Å². The Hall–Kier alpha value is -7.32. The molecule has 26 nitrogen and oxygen atoms in total. The van der Waals surface area contributed by atoms with Crippen molar-refractivity contribution in [3.8, 4) is 0 Å². The van der Waals surface area contributed by atoms with Gasteiger partial charge in [-0.2, -0.15) is 9.97 Å². The maximum absolute atomic E-state index is 12.4. The van der Waals surface area contributed by atoms with E-state index in [-0.39, 0.29) is 96.8 Å². The summed E-state index contributed by atoms with van der Waals surface area (Å²) in [4.78, 5) is 115. The monoisotopic (exact) mass is 952 g/mol. The number of nitrogens with zero attached hydrogens (tertiary/aromatic N) is 6. The molecule has 4 atom stereocenters. The van der Waals surface area contributed by atoms with E-state index in [1.165, 1.54) is 0 Å². The molecule has 2 unspecified atom stereocenters. The summed E-state index contributed by atoms with van der Waals surface area (Å²) >= 11 is 0. The van der Waals surface area contributed by atoms with E-state index >= 15 is 0 Å². The average Bonchev–Trinajstić information content (AvgIpc) is 3.91. The number of nitrogens with two attached hydrogens (primary N) is 2. The SMILES string of the molecule is Nc1nc2c(c(=O)[nH]1)N1CN(c3ccc(C(=O)N[C@@H](CCC(=O)[O-])C(=O)O)cc3)CC1CN2.Nc1nc2c(c(=O)[nH]1)N1CN(c3ccc(C(=O)N[C@@H](CCC(=O)[O-])C(=O)O)cc3)CC1CN2.[Ca+2]. The molecule has 8 rings (SSSR count). The third-order valence-electron chi connectivity index (χ3n) is 11.3. The number of carbonyl (C=O) groups is 6. The maximum Gasteiger partial charge on any atom is 2.00 e. The second-order valence-corrected chi connectivity index (χ2v) is 15.7. The molecule has 2 fully saturated rings. The number of carboxylic acid groups (broad SMARTS) is 4. The molecule has 2 amide bonds. The molecule has 4 aromatic rings. The number of carboxylic acids is 4. The summed E-state index contributed by atoms with van der Waals surface area (Å²) in [7, 11) is 0. The molecule has 0 saturated carbocycles.